The average molecular weight is 246 g/mol. The molecular weight excluding hydrogens is 232 g/mol. The van der Waals surface area contributed by atoms with Crippen LogP contribution in [0.1, 0.15) is 12.5 Å². The second kappa shape index (κ2) is 5.46. The molecule has 1 N–H and O–H groups in total. The molecule has 2 rings (SSSR count). The molecule has 0 amide bonds. The summed E-state index contributed by atoms with van der Waals surface area (Å²) in [4.78, 5) is 13.6. The normalized spacial score (nSPS) is 11.9. The number of aromatic amines is 1. The van der Waals surface area contributed by atoms with Crippen molar-refractivity contribution < 1.29 is 9.66 Å². The van der Waals surface area contributed by atoms with E-state index in [-0.39, 0.29) is 12.3 Å². The fourth-order valence-electron chi connectivity index (χ4n) is 1.75. The Hall–Kier alpha value is -2.14. The third-order valence-electron chi connectivity index (χ3n) is 2.63. The quantitative estimate of drug-likeness (QED) is 0.651. The molecule has 0 aliphatic rings. The molecule has 0 bridgehead atoms. The van der Waals surface area contributed by atoms with Crippen molar-refractivity contribution >= 4 is 17.0 Å². The summed E-state index contributed by atoms with van der Waals surface area (Å²) in [6, 6.07) is 7.68. The highest BCUT2D eigenvalue weighted by Gasteiger charge is 2.12. The van der Waals surface area contributed by atoms with Gasteiger partial charge in [-0.1, -0.05) is 18.2 Å². The van der Waals surface area contributed by atoms with Gasteiger partial charge >= 0.3 is 0 Å². The van der Waals surface area contributed by atoms with E-state index in [1.807, 2.05) is 31.2 Å². The van der Waals surface area contributed by atoms with Crippen molar-refractivity contribution in [3.8, 4) is 0 Å². The lowest BCUT2D eigenvalue weighted by Gasteiger charge is -1.98. The second-order valence-electron chi connectivity index (χ2n) is 3.82. The number of nitro groups is 1. The molecule has 0 aliphatic carbocycles. The third kappa shape index (κ3) is 2.57. The number of hydrogen-bond acceptors (Lipinski definition) is 3. The number of nitrogens with one attached hydrogen (secondary N) is 1. The first-order chi connectivity index (χ1) is 8.72. The number of para-hydroxylation sites is 1. The molecule has 0 unspecified atom stereocenters. The van der Waals surface area contributed by atoms with Crippen LogP contribution in [0.5, 0.6) is 0 Å². The van der Waals surface area contributed by atoms with Crippen molar-refractivity contribution in [2.45, 2.75) is 6.92 Å². The SMILES string of the molecule is CCOC/C(=C\c1c[nH]c2ccccc12)[N+](=O)[O-]. The van der Waals surface area contributed by atoms with E-state index >= 15 is 0 Å². The number of aromatic nitrogens is 1. The van der Waals surface area contributed by atoms with Gasteiger partial charge in [-0.05, 0) is 13.0 Å². The first-order valence-electron chi connectivity index (χ1n) is 5.71. The zero-order valence-electron chi connectivity index (χ0n) is 10.1. The van der Waals surface area contributed by atoms with Gasteiger partial charge in [-0.15, -0.1) is 0 Å². The Kier molecular flexibility index (Phi) is 3.74. The third-order valence-corrected chi connectivity index (χ3v) is 2.63. The maximum absolute atomic E-state index is 10.9. The fraction of sp³-hybridized carbons (Fsp3) is 0.231. The predicted molar refractivity (Wildman–Crippen MR) is 69.8 cm³/mol. The minimum Gasteiger partial charge on any atom is -0.370 e. The average Bonchev–Trinajstić information content (AvgIpc) is 2.77. The molecule has 5 heteroatoms. The van der Waals surface area contributed by atoms with Crippen LogP contribution in [0.15, 0.2) is 36.2 Å². The summed E-state index contributed by atoms with van der Waals surface area (Å²) in [5, 5.41) is 11.9. The van der Waals surface area contributed by atoms with Crippen LogP contribution in [0.25, 0.3) is 17.0 Å². The van der Waals surface area contributed by atoms with Crippen molar-refractivity contribution in [3.05, 3.63) is 51.8 Å². The van der Waals surface area contributed by atoms with Crippen LogP contribution in [-0.4, -0.2) is 23.1 Å². The van der Waals surface area contributed by atoms with E-state index in [0.29, 0.717) is 6.61 Å². The Morgan fingerprint density at radius 3 is 3.00 bits per heavy atom. The van der Waals surface area contributed by atoms with E-state index in [4.69, 9.17) is 4.74 Å². The molecular formula is C13H14N2O3. The van der Waals surface area contributed by atoms with Crippen molar-refractivity contribution in [3.63, 3.8) is 0 Å². The predicted octanol–water partition coefficient (Wildman–Crippen LogP) is 2.82. The zero-order chi connectivity index (χ0) is 13.0. The van der Waals surface area contributed by atoms with Crippen LogP contribution in [0.4, 0.5) is 0 Å². The molecule has 94 valence electrons. The Bertz CT molecular complexity index is 587. The van der Waals surface area contributed by atoms with Gasteiger partial charge in [-0.3, -0.25) is 10.1 Å². The van der Waals surface area contributed by atoms with Crippen molar-refractivity contribution in [2.75, 3.05) is 13.2 Å². The van der Waals surface area contributed by atoms with Gasteiger partial charge in [0.25, 0.3) is 5.70 Å². The summed E-state index contributed by atoms with van der Waals surface area (Å²) < 4.78 is 5.10. The minimum absolute atomic E-state index is 0.0169. The molecule has 0 spiro atoms. The van der Waals surface area contributed by atoms with E-state index in [0.717, 1.165) is 16.5 Å². The van der Waals surface area contributed by atoms with Crippen molar-refractivity contribution in [1.29, 1.82) is 0 Å². The number of fused-ring (bicyclic) bond motifs is 1. The number of H-pyrrole nitrogens is 1. The summed E-state index contributed by atoms with van der Waals surface area (Å²) in [6.45, 7) is 2.28. The van der Waals surface area contributed by atoms with E-state index in [2.05, 4.69) is 4.98 Å². The van der Waals surface area contributed by atoms with Gasteiger partial charge in [0.2, 0.25) is 0 Å². The summed E-state index contributed by atoms with van der Waals surface area (Å²) in [5.41, 5.74) is 1.82. The second-order valence-corrected chi connectivity index (χ2v) is 3.82. The maximum atomic E-state index is 10.9. The van der Waals surface area contributed by atoms with Gasteiger partial charge in [-0.25, -0.2) is 0 Å². The van der Waals surface area contributed by atoms with Crippen LogP contribution in [0.3, 0.4) is 0 Å². The summed E-state index contributed by atoms with van der Waals surface area (Å²) in [5.74, 6) is 0. The summed E-state index contributed by atoms with van der Waals surface area (Å²) in [7, 11) is 0. The molecule has 0 radical (unpaired) electrons. The van der Waals surface area contributed by atoms with Gasteiger partial charge in [0, 0.05) is 35.3 Å². The molecule has 0 fully saturated rings. The van der Waals surface area contributed by atoms with Crippen LogP contribution >= 0.6 is 0 Å². The molecule has 0 atom stereocenters. The van der Waals surface area contributed by atoms with Crippen LogP contribution in [-0.2, 0) is 4.74 Å². The minimum atomic E-state index is -0.405. The van der Waals surface area contributed by atoms with Gasteiger partial charge < -0.3 is 9.72 Å². The number of ether oxygens (including phenoxy) is 1. The molecule has 0 saturated carbocycles. The lowest BCUT2D eigenvalue weighted by Crippen LogP contribution is -2.06. The van der Waals surface area contributed by atoms with Crippen LogP contribution < -0.4 is 0 Å². The highest BCUT2D eigenvalue weighted by atomic mass is 16.6. The fourth-order valence-corrected chi connectivity index (χ4v) is 1.75. The standard InChI is InChI=1S/C13H14N2O3/c1-2-18-9-11(15(16)17)7-10-8-14-13-6-4-3-5-12(10)13/h3-8,14H,2,9H2,1H3/b11-7+. The number of nitrogens with zero attached hydrogens (tertiary/aromatic N) is 1. The molecule has 1 heterocycles. The number of hydrogen-bond donors (Lipinski definition) is 1. The molecule has 18 heavy (non-hydrogen) atoms. The van der Waals surface area contributed by atoms with E-state index in [1.165, 1.54) is 0 Å². The van der Waals surface area contributed by atoms with Crippen molar-refractivity contribution in [1.82, 2.24) is 4.98 Å². The highest BCUT2D eigenvalue weighted by Crippen LogP contribution is 2.20. The lowest BCUT2D eigenvalue weighted by molar-refractivity contribution is -0.429. The van der Waals surface area contributed by atoms with E-state index in [9.17, 15) is 10.1 Å². The summed E-state index contributed by atoms with van der Waals surface area (Å²) >= 11 is 0. The van der Waals surface area contributed by atoms with Crippen LogP contribution in [0, 0.1) is 10.1 Å². The first-order valence-corrected chi connectivity index (χ1v) is 5.71. The van der Waals surface area contributed by atoms with E-state index in [1.54, 1.807) is 12.3 Å². The molecule has 1 aromatic heterocycles. The highest BCUT2D eigenvalue weighted by molar-refractivity contribution is 5.88. The van der Waals surface area contributed by atoms with E-state index < -0.39 is 4.92 Å². The largest absolute Gasteiger partial charge is 0.370 e. The molecule has 2 aromatic rings. The number of rotatable bonds is 5. The molecule has 5 nitrogen and oxygen atoms in total. The molecule has 1 aromatic carbocycles. The number of benzene rings is 1. The van der Waals surface area contributed by atoms with Crippen LogP contribution in [0.2, 0.25) is 0 Å². The Labute approximate surface area is 104 Å². The first kappa shape index (κ1) is 12.3. The topological polar surface area (TPSA) is 68.2 Å². The smallest absolute Gasteiger partial charge is 0.272 e. The van der Waals surface area contributed by atoms with Gasteiger partial charge in [0.15, 0.2) is 0 Å². The Morgan fingerprint density at radius 2 is 2.28 bits per heavy atom. The van der Waals surface area contributed by atoms with Gasteiger partial charge in [-0.2, -0.15) is 0 Å². The Balaban J connectivity index is 2.37. The van der Waals surface area contributed by atoms with Gasteiger partial charge in [0.05, 0.1) is 4.92 Å². The zero-order valence-corrected chi connectivity index (χ0v) is 10.1. The molecule has 0 aliphatic heterocycles. The Morgan fingerprint density at radius 1 is 1.50 bits per heavy atom. The van der Waals surface area contributed by atoms with Gasteiger partial charge in [0.1, 0.15) is 6.61 Å². The summed E-state index contributed by atoms with van der Waals surface area (Å²) in [6.07, 6.45) is 3.31. The molecule has 0 saturated heterocycles. The maximum Gasteiger partial charge on any atom is 0.272 e. The monoisotopic (exact) mass is 246 g/mol. The lowest BCUT2D eigenvalue weighted by atomic mass is 10.1. The van der Waals surface area contributed by atoms with Crippen molar-refractivity contribution in [2.24, 2.45) is 0 Å².